The Balaban J connectivity index is 1.87. The minimum absolute atomic E-state index is 0.760. The summed E-state index contributed by atoms with van der Waals surface area (Å²) in [7, 11) is 0. The lowest BCUT2D eigenvalue weighted by molar-refractivity contribution is -0.0148. The van der Waals surface area contributed by atoms with Gasteiger partial charge in [0.15, 0.2) is 0 Å². The zero-order chi connectivity index (χ0) is 8.39. The number of rotatable bonds is 3. The number of unbranched alkanes of at least 4 members (excludes halogenated alkanes) is 1. The third-order valence-corrected chi connectivity index (χ3v) is 3.16. The third-order valence-electron chi connectivity index (χ3n) is 3.16. The molecule has 2 aliphatic heterocycles. The molecule has 0 saturated carbocycles. The number of nitrogens with zero attached hydrogens (tertiary/aromatic N) is 1. The van der Waals surface area contributed by atoms with Crippen molar-refractivity contribution in [3.05, 3.63) is 0 Å². The van der Waals surface area contributed by atoms with Gasteiger partial charge in [0, 0.05) is 12.1 Å². The van der Waals surface area contributed by atoms with E-state index in [1.807, 2.05) is 0 Å². The summed E-state index contributed by atoms with van der Waals surface area (Å²) in [5.74, 6) is 0. The van der Waals surface area contributed by atoms with E-state index in [-0.39, 0.29) is 0 Å². The van der Waals surface area contributed by atoms with Gasteiger partial charge in [-0.1, -0.05) is 13.3 Å². The quantitative estimate of drug-likeness (QED) is 0.637. The zero-order valence-corrected chi connectivity index (χ0v) is 7.96. The monoisotopic (exact) mass is 169 g/mol. The van der Waals surface area contributed by atoms with Crippen LogP contribution in [0.15, 0.2) is 0 Å². The van der Waals surface area contributed by atoms with Gasteiger partial charge in [0.05, 0.1) is 13.2 Å². The fourth-order valence-corrected chi connectivity index (χ4v) is 2.42. The predicted molar refractivity (Wildman–Crippen MR) is 49.2 cm³/mol. The molecule has 0 spiro atoms. The van der Waals surface area contributed by atoms with E-state index in [2.05, 4.69) is 11.8 Å². The first-order chi connectivity index (χ1) is 5.92. The maximum absolute atomic E-state index is 5.53. The summed E-state index contributed by atoms with van der Waals surface area (Å²) in [5, 5.41) is 0. The first kappa shape index (κ1) is 8.52. The maximum atomic E-state index is 5.53. The molecule has 2 bridgehead atoms. The van der Waals surface area contributed by atoms with Crippen LogP contribution in [0.2, 0.25) is 0 Å². The third kappa shape index (κ3) is 1.50. The van der Waals surface area contributed by atoms with Gasteiger partial charge >= 0.3 is 0 Å². The molecule has 0 aromatic carbocycles. The molecule has 0 radical (unpaired) electrons. The van der Waals surface area contributed by atoms with Crippen molar-refractivity contribution < 1.29 is 4.74 Å². The van der Waals surface area contributed by atoms with Crippen LogP contribution in [0, 0.1) is 0 Å². The Morgan fingerprint density at radius 3 is 2.50 bits per heavy atom. The van der Waals surface area contributed by atoms with Crippen molar-refractivity contribution in [2.75, 3.05) is 19.8 Å². The molecule has 0 aromatic heterocycles. The van der Waals surface area contributed by atoms with Gasteiger partial charge in [-0.2, -0.15) is 0 Å². The Morgan fingerprint density at radius 2 is 1.92 bits per heavy atom. The van der Waals surface area contributed by atoms with E-state index < -0.39 is 0 Å². The Labute approximate surface area is 74.9 Å². The van der Waals surface area contributed by atoms with Crippen molar-refractivity contribution in [1.29, 1.82) is 0 Å². The van der Waals surface area contributed by atoms with E-state index in [9.17, 15) is 0 Å². The average molecular weight is 169 g/mol. The highest BCUT2D eigenvalue weighted by Crippen LogP contribution is 2.28. The van der Waals surface area contributed by atoms with Crippen LogP contribution >= 0.6 is 0 Å². The fourth-order valence-electron chi connectivity index (χ4n) is 2.42. The predicted octanol–water partition coefficient (Wildman–Crippen LogP) is 1.65. The topological polar surface area (TPSA) is 12.5 Å². The molecule has 2 nitrogen and oxygen atoms in total. The summed E-state index contributed by atoms with van der Waals surface area (Å²) < 4.78 is 5.53. The lowest BCUT2D eigenvalue weighted by Gasteiger charge is -2.34. The molecule has 0 N–H and O–H groups in total. The molecule has 12 heavy (non-hydrogen) atoms. The summed E-state index contributed by atoms with van der Waals surface area (Å²) in [5.41, 5.74) is 0. The van der Waals surface area contributed by atoms with E-state index in [0.29, 0.717) is 0 Å². The molecular weight excluding hydrogens is 150 g/mol. The molecule has 2 fully saturated rings. The van der Waals surface area contributed by atoms with Gasteiger partial charge in [-0.15, -0.1) is 0 Å². The van der Waals surface area contributed by atoms with Crippen molar-refractivity contribution in [2.24, 2.45) is 0 Å². The Hall–Kier alpha value is -0.0800. The molecule has 0 amide bonds. The van der Waals surface area contributed by atoms with E-state index in [1.54, 1.807) is 0 Å². The number of morpholine rings is 1. The number of hydrogen-bond donors (Lipinski definition) is 0. The second-order valence-electron chi connectivity index (χ2n) is 4.01. The average Bonchev–Trinajstić information content (AvgIpc) is 2.36. The lowest BCUT2D eigenvalue weighted by Crippen LogP contribution is -2.46. The fraction of sp³-hybridized carbons (Fsp3) is 1.00. The van der Waals surface area contributed by atoms with E-state index in [0.717, 1.165) is 25.3 Å². The highest BCUT2D eigenvalue weighted by molar-refractivity contribution is 4.90. The molecule has 2 aliphatic rings. The van der Waals surface area contributed by atoms with Gasteiger partial charge in [-0.05, 0) is 25.8 Å². The molecule has 0 aromatic rings. The highest BCUT2D eigenvalue weighted by Gasteiger charge is 2.36. The van der Waals surface area contributed by atoms with E-state index in [1.165, 1.54) is 32.2 Å². The van der Waals surface area contributed by atoms with Crippen LogP contribution in [-0.2, 0) is 4.74 Å². The normalized spacial score (nSPS) is 35.8. The lowest BCUT2D eigenvalue weighted by atomic mass is 10.2. The molecule has 2 heteroatoms. The van der Waals surface area contributed by atoms with Crippen LogP contribution in [-0.4, -0.2) is 36.7 Å². The minimum atomic E-state index is 0.760. The summed E-state index contributed by atoms with van der Waals surface area (Å²) in [4.78, 5) is 2.67. The first-order valence-corrected chi connectivity index (χ1v) is 5.25. The molecule has 70 valence electrons. The van der Waals surface area contributed by atoms with Crippen molar-refractivity contribution in [3.63, 3.8) is 0 Å². The Morgan fingerprint density at radius 1 is 1.25 bits per heavy atom. The van der Waals surface area contributed by atoms with Crippen molar-refractivity contribution in [3.8, 4) is 0 Å². The highest BCUT2D eigenvalue weighted by atomic mass is 16.5. The van der Waals surface area contributed by atoms with Gasteiger partial charge in [0.2, 0.25) is 0 Å². The van der Waals surface area contributed by atoms with Crippen LogP contribution in [0.4, 0.5) is 0 Å². The van der Waals surface area contributed by atoms with Gasteiger partial charge in [-0.25, -0.2) is 0 Å². The summed E-state index contributed by atoms with van der Waals surface area (Å²) in [6.45, 7) is 5.54. The molecule has 2 heterocycles. The SMILES string of the molecule is CCCCN1C2CCC1COC2. The second kappa shape index (κ2) is 3.75. The first-order valence-electron chi connectivity index (χ1n) is 5.25. The second-order valence-corrected chi connectivity index (χ2v) is 4.01. The standard InChI is InChI=1S/C10H19NO/c1-2-3-6-11-9-4-5-10(11)8-12-7-9/h9-10H,2-8H2,1H3. The van der Waals surface area contributed by atoms with Crippen LogP contribution in [0.1, 0.15) is 32.6 Å². The Bertz CT molecular complexity index is 133. The number of hydrogen-bond acceptors (Lipinski definition) is 2. The molecule has 2 saturated heterocycles. The molecule has 0 aliphatic carbocycles. The van der Waals surface area contributed by atoms with Gasteiger partial charge in [0.1, 0.15) is 0 Å². The van der Waals surface area contributed by atoms with Crippen LogP contribution in [0.5, 0.6) is 0 Å². The van der Waals surface area contributed by atoms with E-state index >= 15 is 0 Å². The summed E-state index contributed by atoms with van der Waals surface area (Å²) in [6.07, 6.45) is 5.41. The largest absolute Gasteiger partial charge is 0.378 e. The van der Waals surface area contributed by atoms with Gasteiger partial charge in [0.25, 0.3) is 0 Å². The maximum Gasteiger partial charge on any atom is 0.0622 e. The number of ether oxygens (including phenoxy) is 1. The minimum Gasteiger partial charge on any atom is -0.378 e. The molecule has 2 atom stereocenters. The van der Waals surface area contributed by atoms with Crippen LogP contribution in [0.25, 0.3) is 0 Å². The molecule has 2 unspecified atom stereocenters. The van der Waals surface area contributed by atoms with E-state index in [4.69, 9.17) is 4.74 Å². The summed E-state index contributed by atoms with van der Waals surface area (Å²) in [6, 6.07) is 1.52. The molecular formula is C10H19NO. The van der Waals surface area contributed by atoms with Crippen molar-refractivity contribution >= 4 is 0 Å². The van der Waals surface area contributed by atoms with Crippen LogP contribution < -0.4 is 0 Å². The Kier molecular flexibility index (Phi) is 2.66. The smallest absolute Gasteiger partial charge is 0.0622 e. The number of fused-ring (bicyclic) bond motifs is 2. The van der Waals surface area contributed by atoms with Gasteiger partial charge in [-0.3, -0.25) is 4.90 Å². The van der Waals surface area contributed by atoms with Crippen molar-refractivity contribution in [1.82, 2.24) is 4.90 Å². The van der Waals surface area contributed by atoms with Crippen molar-refractivity contribution in [2.45, 2.75) is 44.7 Å². The summed E-state index contributed by atoms with van der Waals surface area (Å²) >= 11 is 0. The van der Waals surface area contributed by atoms with Crippen LogP contribution in [0.3, 0.4) is 0 Å². The zero-order valence-electron chi connectivity index (χ0n) is 7.96. The van der Waals surface area contributed by atoms with Gasteiger partial charge < -0.3 is 4.74 Å². The molecule has 2 rings (SSSR count).